The summed E-state index contributed by atoms with van der Waals surface area (Å²) in [5.74, 6) is 0.535. The summed E-state index contributed by atoms with van der Waals surface area (Å²) in [6.07, 6.45) is 3.26. The number of carbonyl (C=O) groups is 4. The Morgan fingerprint density at radius 1 is 0.750 bits per heavy atom. The van der Waals surface area contributed by atoms with E-state index < -0.39 is 12.2 Å². The fourth-order valence-electron chi connectivity index (χ4n) is 6.07. The van der Waals surface area contributed by atoms with Crippen molar-refractivity contribution >= 4 is 80.5 Å². The molecule has 0 radical (unpaired) electrons. The smallest absolute Gasteiger partial charge is 0.415 e. The van der Waals surface area contributed by atoms with E-state index in [-0.39, 0.29) is 72.4 Å². The number of anilines is 6. The quantitative estimate of drug-likeness (QED) is 0.224. The van der Waals surface area contributed by atoms with Gasteiger partial charge < -0.3 is 31.6 Å². The van der Waals surface area contributed by atoms with Crippen LogP contribution in [0.15, 0.2) is 36.7 Å². The number of nitrogens with two attached hydrogens (primary N) is 2. The van der Waals surface area contributed by atoms with Crippen LogP contribution in [0.3, 0.4) is 0 Å². The van der Waals surface area contributed by atoms with Gasteiger partial charge in [0.05, 0.1) is 47.9 Å². The van der Waals surface area contributed by atoms with Gasteiger partial charge in [0.1, 0.15) is 48.1 Å². The molecule has 18 nitrogen and oxygen atoms in total. The van der Waals surface area contributed by atoms with Crippen molar-refractivity contribution in [2.45, 2.75) is 38.8 Å². The maximum atomic E-state index is 12.1. The van der Waals surface area contributed by atoms with E-state index in [2.05, 4.69) is 42.7 Å². The number of nitrogens with zero attached hydrogens (tertiary/aromatic N) is 8. The number of hydrogen-bond acceptors (Lipinski definition) is 14. The first-order chi connectivity index (χ1) is 24.9. The van der Waals surface area contributed by atoms with Gasteiger partial charge in [0.2, 0.25) is 11.8 Å². The van der Waals surface area contributed by atoms with Crippen LogP contribution >= 0.6 is 0 Å². The van der Waals surface area contributed by atoms with Gasteiger partial charge in [-0.2, -0.15) is 10.5 Å². The molecular weight excluding hydrogens is 672 g/mol. The van der Waals surface area contributed by atoms with Crippen LogP contribution in [-0.4, -0.2) is 69.2 Å². The van der Waals surface area contributed by atoms with Gasteiger partial charge in [-0.15, -0.1) is 0 Å². The van der Waals surface area contributed by atoms with Gasteiger partial charge >= 0.3 is 12.2 Å². The summed E-state index contributed by atoms with van der Waals surface area (Å²) in [5.41, 5.74) is 12.0. The fourth-order valence-corrected chi connectivity index (χ4v) is 6.07. The topological polar surface area (TPSA) is 268 Å². The van der Waals surface area contributed by atoms with Crippen molar-refractivity contribution in [3.05, 3.63) is 36.7 Å². The molecule has 2 aliphatic carbocycles. The largest absolute Gasteiger partial charge is 0.447 e. The Kier molecular flexibility index (Phi) is 8.51. The highest BCUT2D eigenvalue weighted by Gasteiger charge is 2.44. The Hall–Kier alpha value is -6.82. The van der Waals surface area contributed by atoms with Crippen molar-refractivity contribution in [1.29, 1.82) is 10.5 Å². The molecule has 2 aliphatic heterocycles. The van der Waals surface area contributed by atoms with Crippen molar-refractivity contribution in [2.24, 2.45) is 23.7 Å². The lowest BCUT2D eigenvalue weighted by Crippen LogP contribution is -2.31. The van der Waals surface area contributed by atoms with Crippen LogP contribution in [0.5, 0.6) is 0 Å². The molecule has 4 aromatic rings. The SMILES string of the molecule is C[C@H]1COC(=O)N1c1cc2cc(NC(=O)[C@@H]3C[C@H]3C#N)ncc2c(N)n1.C[C@H]1COC(=O)N1c1cc2cc(NC(=O)[C@H]3C[C@@H]3C#N)ncc2c(N)n1. The minimum Gasteiger partial charge on any atom is -0.447 e. The van der Waals surface area contributed by atoms with Crippen LogP contribution < -0.4 is 31.9 Å². The van der Waals surface area contributed by atoms with E-state index in [1.54, 1.807) is 24.3 Å². The maximum Gasteiger partial charge on any atom is 0.415 e. The fraction of sp³-hybridized carbons (Fsp3) is 0.353. The molecule has 4 aliphatic rings. The number of nitrogens with one attached hydrogen (secondary N) is 2. The lowest BCUT2D eigenvalue weighted by Gasteiger charge is -2.18. The zero-order valence-corrected chi connectivity index (χ0v) is 27.9. The summed E-state index contributed by atoms with van der Waals surface area (Å²) in [5, 5.41) is 25.7. The molecule has 52 heavy (non-hydrogen) atoms. The van der Waals surface area contributed by atoms with Gasteiger partial charge in [-0.05, 0) is 61.7 Å². The first kappa shape index (κ1) is 33.7. The molecule has 2 saturated heterocycles. The second-order valence-corrected chi connectivity index (χ2v) is 13.0. The van der Waals surface area contributed by atoms with Gasteiger partial charge in [-0.3, -0.25) is 19.4 Å². The Labute approximate surface area is 295 Å². The molecule has 264 valence electrons. The maximum absolute atomic E-state index is 12.1. The molecule has 0 unspecified atom stereocenters. The Morgan fingerprint density at radius 2 is 1.15 bits per heavy atom. The number of cyclic esters (lactones) is 2. The van der Waals surface area contributed by atoms with Crippen LogP contribution in [0.1, 0.15) is 26.7 Å². The van der Waals surface area contributed by atoms with Gasteiger partial charge in [0, 0.05) is 23.2 Å². The first-order valence-electron chi connectivity index (χ1n) is 16.4. The van der Waals surface area contributed by atoms with E-state index in [1.807, 2.05) is 13.8 Å². The lowest BCUT2D eigenvalue weighted by atomic mass is 10.2. The molecule has 18 heteroatoms. The van der Waals surface area contributed by atoms with Gasteiger partial charge in [-0.1, -0.05) is 0 Å². The second-order valence-electron chi connectivity index (χ2n) is 13.0. The van der Waals surface area contributed by atoms with Crippen LogP contribution in [0.2, 0.25) is 0 Å². The molecule has 6 N–H and O–H groups in total. The summed E-state index contributed by atoms with van der Waals surface area (Å²) in [7, 11) is 0. The predicted molar refractivity (Wildman–Crippen MR) is 186 cm³/mol. The van der Waals surface area contributed by atoms with E-state index >= 15 is 0 Å². The molecule has 8 rings (SSSR count). The number of fused-ring (bicyclic) bond motifs is 2. The highest BCUT2D eigenvalue weighted by Crippen LogP contribution is 2.39. The van der Waals surface area contributed by atoms with Crippen molar-refractivity contribution < 1.29 is 28.7 Å². The third-order valence-electron chi connectivity index (χ3n) is 9.22. The van der Waals surface area contributed by atoms with E-state index in [1.165, 1.54) is 22.2 Å². The highest BCUT2D eigenvalue weighted by atomic mass is 16.6. The zero-order chi connectivity index (χ0) is 36.8. The second kappa shape index (κ2) is 13.1. The average Bonchev–Trinajstić information content (AvgIpc) is 4.02. The van der Waals surface area contributed by atoms with Gasteiger partial charge in [0.15, 0.2) is 0 Å². The number of nitriles is 2. The number of hydrogen-bond donors (Lipinski definition) is 4. The molecular formula is C34H32N12O6. The minimum absolute atomic E-state index is 0.148. The molecule has 0 spiro atoms. The van der Waals surface area contributed by atoms with Crippen molar-refractivity contribution in [1.82, 2.24) is 19.9 Å². The standard InChI is InChI=1S/2C17H16N6O3/c2*1-8-7-26-17(25)23(8)14-4-9-3-13(20-6-12(9)15(19)22-14)21-16(24)11-2-10(11)5-18/h2*3-4,6,8,10-11H,2,7H2,1H3,(H2,19,22)(H,20,21,24)/t8-,10+,11-;8-,10-,11+/m00/s1. The number of ether oxygens (including phenoxy) is 2. The van der Waals surface area contributed by atoms with Crippen LogP contribution in [0, 0.1) is 46.3 Å². The van der Waals surface area contributed by atoms with Gasteiger partial charge in [-0.25, -0.2) is 29.5 Å². The molecule has 0 aromatic carbocycles. The van der Waals surface area contributed by atoms with Crippen LogP contribution in [0.25, 0.3) is 21.5 Å². The predicted octanol–water partition coefficient (Wildman–Crippen LogP) is 3.31. The molecule has 4 amide bonds. The van der Waals surface area contributed by atoms with E-state index in [9.17, 15) is 19.2 Å². The Balaban J connectivity index is 0.000000162. The summed E-state index contributed by atoms with van der Waals surface area (Å²) >= 11 is 0. The zero-order valence-electron chi connectivity index (χ0n) is 27.9. The number of carbonyl (C=O) groups excluding carboxylic acids is 4. The Morgan fingerprint density at radius 3 is 1.48 bits per heavy atom. The number of rotatable bonds is 6. The first-order valence-corrected chi connectivity index (χ1v) is 16.4. The molecule has 4 fully saturated rings. The Bertz CT molecular complexity index is 2090. The summed E-state index contributed by atoms with van der Waals surface area (Å²) in [6.45, 7) is 4.29. The summed E-state index contributed by atoms with van der Waals surface area (Å²) in [6, 6.07) is 10.6. The summed E-state index contributed by atoms with van der Waals surface area (Å²) < 4.78 is 10.0. The van der Waals surface area contributed by atoms with E-state index in [4.69, 9.17) is 31.5 Å². The third-order valence-corrected chi connectivity index (χ3v) is 9.22. The highest BCUT2D eigenvalue weighted by molar-refractivity contribution is 6.01. The van der Waals surface area contributed by atoms with Gasteiger partial charge in [0.25, 0.3) is 0 Å². The molecule has 2 saturated carbocycles. The summed E-state index contributed by atoms with van der Waals surface area (Å²) in [4.78, 5) is 67.8. The number of nitrogen functional groups attached to an aromatic ring is 2. The minimum atomic E-state index is -0.470. The average molecular weight is 705 g/mol. The molecule has 6 atom stereocenters. The molecule has 4 aromatic heterocycles. The third kappa shape index (κ3) is 6.44. The van der Waals surface area contributed by atoms with Crippen LogP contribution in [-0.2, 0) is 19.1 Å². The molecule has 0 bridgehead atoms. The normalized spacial score (nSPS) is 24.2. The number of amides is 4. The van der Waals surface area contributed by atoms with Crippen molar-refractivity contribution in [3.63, 3.8) is 0 Å². The van der Waals surface area contributed by atoms with E-state index in [0.717, 1.165) is 0 Å². The van der Waals surface area contributed by atoms with Crippen molar-refractivity contribution in [3.8, 4) is 12.1 Å². The molecule has 6 heterocycles. The monoisotopic (exact) mass is 704 g/mol. The lowest BCUT2D eigenvalue weighted by molar-refractivity contribution is -0.118. The van der Waals surface area contributed by atoms with Crippen LogP contribution in [0.4, 0.5) is 44.5 Å². The van der Waals surface area contributed by atoms with E-state index in [0.29, 0.717) is 57.7 Å². The number of pyridine rings is 4. The number of aromatic nitrogens is 4. The van der Waals surface area contributed by atoms with Crippen molar-refractivity contribution in [2.75, 3.05) is 45.1 Å².